The molecular formula is C12H20ClNOSi. The Labute approximate surface area is 104 Å². The monoisotopic (exact) mass is 257 g/mol. The Morgan fingerprint density at radius 1 is 1.38 bits per heavy atom. The summed E-state index contributed by atoms with van der Waals surface area (Å²) in [5, 5.41) is 0. The van der Waals surface area contributed by atoms with Crippen molar-refractivity contribution < 1.29 is 4.43 Å². The number of nitrogens with zero attached hydrogens (tertiary/aromatic N) is 1. The molecule has 0 N–H and O–H groups in total. The second kappa shape index (κ2) is 7.04. The predicted octanol–water partition coefficient (Wildman–Crippen LogP) is 3.75. The number of hydrogen-bond acceptors (Lipinski definition) is 2. The minimum atomic E-state index is -1.93. The van der Waals surface area contributed by atoms with Crippen molar-refractivity contribution in [2.45, 2.75) is 38.8 Å². The third-order valence-corrected chi connectivity index (χ3v) is 7.30. The zero-order valence-electron chi connectivity index (χ0n) is 10.1. The molecule has 90 valence electrons. The van der Waals surface area contributed by atoms with Gasteiger partial charge >= 0.3 is 0 Å². The van der Waals surface area contributed by atoms with Crippen molar-refractivity contribution in [3.63, 3.8) is 0 Å². The molecule has 1 aromatic heterocycles. The highest BCUT2D eigenvalue weighted by atomic mass is 35.6. The molecule has 0 saturated heterocycles. The molecule has 1 aromatic rings. The van der Waals surface area contributed by atoms with Crippen LogP contribution >= 0.6 is 11.1 Å². The summed E-state index contributed by atoms with van der Waals surface area (Å²) in [7, 11) is -1.93. The highest BCUT2D eigenvalue weighted by Crippen LogP contribution is 2.24. The Bertz CT molecular complexity index is 296. The highest BCUT2D eigenvalue weighted by molar-refractivity contribution is 7.16. The van der Waals surface area contributed by atoms with Crippen molar-refractivity contribution >= 4 is 18.7 Å². The van der Waals surface area contributed by atoms with Crippen LogP contribution in [0.15, 0.2) is 24.4 Å². The van der Waals surface area contributed by atoms with E-state index in [-0.39, 0.29) is 0 Å². The summed E-state index contributed by atoms with van der Waals surface area (Å²) in [5.41, 5.74) is 1.14. The summed E-state index contributed by atoms with van der Waals surface area (Å²) in [6.45, 7) is 4.86. The SMILES string of the molecule is CCO[Si](Cl)(CC)CCCc1ccccn1. The lowest BCUT2D eigenvalue weighted by atomic mass is 10.2. The Morgan fingerprint density at radius 2 is 2.19 bits per heavy atom. The average Bonchev–Trinajstić information content (AvgIpc) is 2.31. The molecule has 0 aliphatic carbocycles. The fourth-order valence-corrected chi connectivity index (χ4v) is 4.34. The summed E-state index contributed by atoms with van der Waals surface area (Å²) in [5.74, 6) is 0. The van der Waals surface area contributed by atoms with Gasteiger partial charge in [0.1, 0.15) is 0 Å². The summed E-state index contributed by atoms with van der Waals surface area (Å²) in [4.78, 5) is 4.30. The van der Waals surface area contributed by atoms with Crippen molar-refractivity contribution in [2.75, 3.05) is 6.61 Å². The van der Waals surface area contributed by atoms with Gasteiger partial charge in [-0.05, 0) is 44.0 Å². The summed E-state index contributed by atoms with van der Waals surface area (Å²) >= 11 is 6.49. The van der Waals surface area contributed by atoms with Gasteiger partial charge in [-0.2, -0.15) is 0 Å². The quantitative estimate of drug-likeness (QED) is 0.548. The van der Waals surface area contributed by atoms with E-state index in [0.29, 0.717) is 0 Å². The molecule has 1 heterocycles. The smallest absolute Gasteiger partial charge is 0.289 e. The number of rotatable bonds is 7. The lowest BCUT2D eigenvalue weighted by Gasteiger charge is -2.22. The first-order valence-corrected chi connectivity index (χ1v) is 9.26. The fraction of sp³-hybridized carbons (Fsp3) is 0.583. The molecule has 16 heavy (non-hydrogen) atoms. The first kappa shape index (κ1) is 13.7. The maximum absolute atomic E-state index is 6.49. The Kier molecular flexibility index (Phi) is 6.02. The number of pyridine rings is 1. The number of halogens is 1. The molecule has 0 radical (unpaired) electrons. The van der Waals surface area contributed by atoms with E-state index < -0.39 is 7.63 Å². The van der Waals surface area contributed by atoms with E-state index in [1.807, 2.05) is 25.3 Å². The molecule has 0 saturated carbocycles. The van der Waals surface area contributed by atoms with Gasteiger partial charge in [-0.25, -0.2) is 0 Å². The maximum Gasteiger partial charge on any atom is 0.289 e. The van der Waals surface area contributed by atoms with Crippen LogP contribution < -0.4 is 0 Å². The topological polar surface area (TPSA) is 22.1 Å². The van der Waals surface area contributed by atoms with Gasteiger partial charge < -0.3 is 4.43 Å². The lowest BCUT2D eigenvalue weighted by molar-refractivity contribution is 0.334. The Balaban J connectivity index is 2.34. The minimum absolute atomic E-state index is 0.729. The van der Waals surface area contributed by atoms with Crippen LogP contribution in [0.4, 0.5) is 0 Å². The number of aryl methyl sites for hydroxylation is 1. The van der Waals surface area contributed by atoms with E-state index in [4.69, 9.17) is 15.5 Å². The van der Waals surface area contributed by atoms with Crippen LogP contribution in [-0.4, -0.2) is 19.2 Å². The molecule has 0 amide bonds. The first-order valence-electron chi connectivity index (χ1n) is 5.93. The third-order valence-electron chi connectivity index (χ3n) is 2.64. The van der Waals surface area contributed by atoms with Crippen molar-refractivity contribution in [3.8, 4) is 0 Å². The third kappa shape index (κ3) is 4.64. The van der Waals surface area contributed by atoms with Crippen LogP contribution in [0.2, 0.25) is 12.1 Å². The van der Waals surface area contributed by atoms with E-state index in [1.54, 1.807) is 0 Å². The lowest BCUT2D eigenvalue weighted by Crippen LogP contribution is -2.30. The molecule has 0 aliphatic rings. The van der Waals surface area contributed by atoms with Crippen LogP contribution in [0.25, 0.3) is 0 Å². The van der Waals surface area contributed by atoms with Crippen LogP contribution in [0.5, 0.6) is 0 Å². The van der Waals surface area contributed by atoms with E-state index in [1.165, 1.54) is 0 Å². The van der Waals surface area contributed by atoms with E-state index in [9.17, 15) is 0 Å². The van der Waals surface area contributed by atoms with Crippen molar-refractivity contribution in [3.05, 3.63) is 30.1 Å². The maximum atomic E-state index is 6.49. The van der Waals surface area contributed by atoms with Gasteiger partial charge in [-0.15, -0.1) is 11.1 Å². The molecule has 0 aliphatic heterocycles. The van der Waals surface area contributed by atoms with Gasteiger partial charge in [-0.3, -0.25) is 4.98 Å². The van der Waals surface area contributed by atoms with Crippen molar-refractivity contribution in [1.82, 2.24) is 4.98 Å². The molecule has 0 aromatic carbocycles. The second-order valence-corrected chi connectivity index (χ2v) is 9.17. The normalized spacial score (nSPS) is 14.7. The summed E-state index contributed by atoms with van der Waals surface area (Å²) in [6.07, 6.45) is 3.90. The predicted molar refractivity (Wildman–Crippen MR) is 71.1 cm³/mol. The van der Waals surface area contributed by atoms with Gasteiger partial charge in [-0.1, -0.05) is 13.0 Å². The Hall–Kier alpha value is -0.383. The standard InChI is InChI=1S/C12H20ClNOSi/c1-3-15-16(13,4-2)11-7-9-12-8-5-6-10-14-12/h5-6,8,10H,3-4,7,9,11H2,1-2H3. The largest absolute Gasteiger partial charge is 0.403 e. The van der Waals surface area contributed by atoms with E-state index in [2.05, 4.69) is 18.0 Å². The molecule has 1 atom stereocenters. The van der Waals surface area contributed by atoms with Crippen LogP contribution in [-0.2, 0) is 10.8 Å². The molecule has 0 fully saturated rings. The van der Waals surface area contributed by atoms with Gasteiger partial charge in [0.05, 0.1) is 0 Å². The van der Waals surface area contributed by atoms with E-state index >= 15 is 0 Å². The molecule has 1 rings (SSSR count). The van der Waals surface area contributed by atoms with Gasteiger partial charge in [0.25, 0.3) is 7.63 Å². The molecular weight excluding hydrogens is 238 g/mol. The van der Waals surface area contributed by atoms with Gasteiger partial charge in [0, 0.05) is 18.5 Å². The van der Waals surface area contributed by atoms with Gasteiger partial charge in [0.15, 0.2) is 0 Å². The molecule has 4 heteroatoms. The van der Waals surface area contributed by atoms with Crippen LogP contribution in [0, 0.1) is 0 Å². The van der Waals surface area contributed by atoms with Crippen molar-refractivity contribution in [2.24, 2.45) is 0 Å². The van der Waals surface area contributed by atoms with Crippen LogP contribution in [0.1, 0.15) is 26.0 Å². The van der Waals surface area contributed by atoms with Gasteiger partial charge in [0.2, 0.25) is 0 Å². The van der Waals surface area contributed by atoms with E-state index in [0.717, 1.165) is 37.2 Å². The average molecular weight is 258 g/mol. The van der Waals surface area contributed by atoms with Crippen molar-refractivity contribution in [1.29, 1.82) is 0 Å². The zero-order valence-corrected chi connectivity index (χ0v) is 11.8. The fourth-order valence-electron chi connectivity index (χ4n) is 1.69. The molecule has 0 bridgehead atoms. The zero-order chi connectivity index (χ0) is 11.9. The molecule has 2 nitrogen and oxygen atoms in total. The Morgan fingerprint density at radius 3 is 2.75 bits per heavy atom. The number of aromatic nitrogens is 1. The summed E-state index contributed by atoms with van der Waals surface area (Å²) in [6, 6.07) is 8.01. The minimum Gasteiger partial charge on any atom is -0.403 e. The molecule has 1 unspecified atom stereocenters. The highest BCUT2D eigenvalue weighted by Gasteiger charge is 2.29. The second-order valence-electron chi connectivity index (χ2n) is 3.84. The van der Waals surface area contributed by atoms with Crippen LogP contribution in [0.3, 0.4) is 0 Å². The first-order chi connectivity index (χ1) is 7.70. The summed E-state index contributed by atoms with van der Waals surface area (Å²) < 4.78 is 5.70. The number of hydrogen-bond donors (Lipinski definition) is 0. The molecule has 0 spiro atoms.